The third-order valence-corrected chi connectivity index (χ3v) is 4.70. The molecule has 0 bridgehead atoms. The van der Waals surface area contributed by atoms with Crippen molar-refractivity contribution in [2.24, 2.45) is 0 Å². The van der Waals surface area contributed by atoms with Gasteiger partial charge < -0.3 is 0 Å². The molecule has 1 saturated heterocycles. The van der Waals surface area contributed by atoms with Crippen LogP contribution in [0.15, 0.2) is 35.2 Å². The van der Waals surface area contributed by atoms with Crippen LogP contribution in [-0.2, 0) is 14.8 Å². The van der Waals surface area contributed by atoms with Crippen LogP contribution >= 0.6 is 11.8 Å². The summed E-state index contributed by atoms with van der Waals surface area (Å²) in [5.74, 6) is -0.472. The summed E-state index contributed by atoms with van der Waals surface area (Å²) in [4.78, 5) is 22.3. The average Bonchev–Trinajstić information content (AvgIpc) is 2.67. The highest BCUT2D eigenvalue weighted by molar-refractivity contribution is 8.15. The van der Waals surface area contributed by atoms with Crippen LogP contribution in [-0.4, -0.2) is 31.4 Å². The summed E-state index contributed by atoms with van der Waals surface area (Å²) < 4.78 is 26.0. The van der Waals surface area contributed by atoms with Crippen molar-refractivity contribution in [2.45, 2.75) is 10.1 Å². The summed E-state index contributed by atoms with van der Waals surface area (Å²) in [6, 6.07) is 7.83. The van der Waals surface area contributed by atoms with E-state index in [2.05, 4.69) is 10.0 Å². The van der Waals surface area contributed by atoms with Gasteiger partial charge in [-0.2, -0.15) is 0 Å². The van der Waals surface area contributed by atoms with Crippen molar-refractivity contribution in [3.8, 4) is 0 Å². The van der Waals surface area contributed by atoms with Crippen molar-refractivity contribution in [2.75, 3.05) is 6.54 Å². The molecule has 2 amide bonds. The van der Waals surface area contributed by atoms with Crippen molar-refractivity contribution in [1.29, 1.82) is 0 Å². The van der Waals surface area contributed by atoms with Crippen LogP contribution in [0.3, 0.4) is 0 Å². The third kappa shape index (κ3) is 2.89. The molecule has 1 aliphatic heterocycles. The van der Waals surface area contributed by atoms with Crippen molar-refractivity contribution in [3.63, 3.8) is 0 Å². The number of imide groups is 1. The Balaban J connectivity index is 2.02. The number of sulfonamides is 1. The van der Waals surface area contributed by atoms with Crippen LogP contribution in [0.4, 0.5) is 4.79 Å². The Hall–Kier alpha value is -1.38. The summed E-state index contributed by atoms with van der Waals surface area (Å²) >= 11 is 0.783. The lowest BCUT2D eigenvalue weighted by Crippen LogP contribution is -2.35. The fourth-order valence-corrected chi connectivity index (χ4v) is 3.32. The molecular formula is C10H10N2O4S2. The van der Waals surface area contributed by atoms with Crippen LogP contribution in [0.25, 0.3) is 0 Å². The Morgan fingerprint density at radius 1 is 1.22 bits per heavy atom. The maximum absolute atomic E-state index is 11.8. The molecule has 2 N–H and O–H groups in total. The molecule has 1 unspecified atom stereocenters. The summed E-state index contributed by atoms with van der Waals surface area (Å²) in [5, 5.41) is 0.926. The molecule has 0 aromatic heterocycles. The van der Waals surface area contributed by atoms with E-state index in [4.69, 9.17) is 0 Å². The van der Waals surface area contributed by atoms with Crippen LogP contribution in [0.2, 0.25) is 0 Å². The van der Waals surface area contributed by atoms with Gasteiger partial charge in [0.05, 0.1) is 4.90 Å². The highest BCUT2D eigenvalue weighted by Crippen LogP contribution is 2.18. The maximum Gasteiger partial charge on any atom is 0.286 e. The Labute approximate surface area is 108 Å². The molecular weight excluding hydrogens is 276 g/mol. The van der Waals surface area contributed by atoms with E-state index in [0.29, 0.717) is 0 Å². The summed E-state index contributed by atoms with van der Waals surface area (Å²) in [6.45, 7) is -0.112. The number of hydrogen-bond acceptors (Lipinski definition) is 5. The minimum atomic E-state index is -3.64. The number of benzene rings is 1. The molecule has 1 heterocycles. The van der Waals surface area contributed by atoms with Gasteiger partial charge in [-0.1, -0.05) is 18.2 Å². The standard InChI is InChI=1S/C10H10N2O4S2/c13-9-8(17-10(14)12-9)6-11-18(15,16)7-4-2-1-3-5-7/h1-5,8,11H,6H2,(H,12,13,14). The molecule has 1 aromatic carbocycles. The van der Waals surface area contributed by atoms with Crippen molar-refractivity contribution in [1.82, 2.24) is 10.0 Å². The minimum absolute atomic E-state index is 0.112. The monoisotopic (exact) mass is 286 g/mol. The molecule has 96 valence electrons. The van der Waals surface area contributed by atoms with E-state index < -0.39 is 26.4 Å². The van der Waals surface area contributed by atoms with Crippen LogP contribution < -0.4 is 10.0 Å². The van der Waals surface area contributed by atoms with Gasteiger partial charge in [-0.05, 0) is 23.9 Å². The molecule has 8 heteroatoms. The van der Waals surface area contributed by atoms with Gasteiger partial charge in [-0.25, -0.2) is 13.1 Å². The highest BCUT2D eigenvalue weighted by atomic mass is 32.2. The second-order valence-electron chi connectivity index (χ2n) is 3.55. The Kier molecular flexibility index (Phi) is 3.69. The van der Waals surface area contributed by atoms with Crippen LogP contribution in [0.5, 0.6) is 0 Å². The number of nitrogens with one attached hydrogen (secondary N) is 2. The Morgan fingerprint density at radius 3 is 2.44 bits per heavy atom. The lowest BCUT2D eigenvalue weighted by molar-refractivity contribution is -0.118. The molecule has 0 radical (unpaired) electrons. The van der Waals surface area contributed by atoms with Gasteiger partial charge in [0.2, 0.25) is 15.9 Å². The zero-order chi connectivity index (χ0) is 13.2. The average molecular weight is 286 g/mol. The molecule has 0 saturated carbocycles. The number of thioether (sulfide) groups is 1. The quantitative estimate of drug-likeness (QED) is 0.831. The van der Waals surface area contributed by atoms with Crippen LogP contribution in [0, 0.1) is 0 Å². The number of hydrogen-bond donors (Lipinski definition) is 2. The number of carbonyl (C=O) groups is 2. The molecule has 1 fully saturated rings. The lowest BCUT2D eigenvalue weighted by Gasteiger charge is -2.08. The van der Waals surface area contributed by atoms with E-state index in [1.807, 2.05) is 0 Å². The Morgan fingerprint density at radius 2 is 1.89 bits per heavy atom. The van der Waals surface area contributed by atoms with E-state index in [0.717, 1.165) is 11.8 Å². The second kappa shape index (κ2) is 5.09. The molecule has 1 atom stereocenters. The predicted molar refractivity (Wildman–Crippen MR) is 66.5 cm³/mol. The lowest BCUT2D eigenvalue weighted by atomic mass is 10.4. The van der Waals surface area contributed by atoms with E-state index in [1.165, 1.54) is 12.1 Å². The smallest absolute Gasteiger partial charge is 0.286 e. The van der Waals surface area contributed by atoms with Gasteiger partial charge in [0, 0.05) is 6.54 Å². The van der Waals surface area contributed by atoms with E-state index >= 15 is 0 Å². The van der Waals surface area contributed by atoms with Gasteiger partial charge in [0.1, 0.15) is 5.25 Å². The molecule has 0 aliphatic carbocycles. The van der Waals surface area contributed by atoms with Gasteiger partial charge in [0.25, 0.3) is 5.24 Å². The van der Waals surface area contributed by atoms with E-state index in [9.17, 15) is 18.0 Å². The second-order valence-corrected chi connectivity index (χ2v) is 6.49. The van der Waals surface area contributed by atoms with Gasteiger partial charge in [-0.15, -0.1) is 0 Å². The zero-order valence-corrected chi connectivity index (χ0v) is 10.8. The minimum Gasteiger partial charge on any atom is -0.286 e. The normalized spacial score (nSPS) is 19.9. The fraction of sp³-hybridized carbons (Fsp3) is 0.200. The summed E-state index contributed by atoms with van der Waals surface area (Å²) in [5.41, 5.74) is 0. The zero-order valence-electron chi connectivity index (χ0n) is 9.12. The first kappa shape index (κ1) is 13.1. The van der Waals surface area contributed by atoms with Crippen molar-refractivity contribution < 1.29 is 18.0 Å². The SMILES string of the molecule is O=C1NC(=O)C(CNS(=O)(=O)c2ccccc2)S1. The molecule has 18 heavy (non-hydrogen) atoms. The molecule has 0 spiro atoms. The third-order valence-electron chi connectivity index (χ3n) is 2.28. The first-order valence-electron chi connectivity index (χ1n) is 5.05. The number of amides is 2. The van der Waals surface area contributed by atoms with E-state index in [1.54, 1.807) is 18.2 Å². The van der Waals surface area contributed by atoms with Crippen LogP contribution in [0.1, 0.15) is 0 Å². The van der Waals surface area contributed by atoms with Crippen molar-refractivity contribution >= 4 is 32.9 Å². The molecule has 1 aromatic rings. The van der Waals surface area contributed by atoms with Gasteiger partial charge in [0.15, 0.2) is 0 Å². The summed E-state index contributed by atoms with van der Waals surface area (Å²) in [7, 11) is -3.64. The molecule has 2 rings (SSSR count). The molecule has 6 nitrogen and oxygen atoms in total. The number of carbonyl (C=O) groups excluding carboxylic acids is 2. The topological polar surface area (TPSA) is 92.3 Å². The maximum atomic E-state index is 11.8. The fourth-order valence-electron chi connectivity index (χ4n) is 1.40. The van der Waals surface area contributed by atoms with Crippen molar-refractivity contribution in [3.05, 3.63) is 30.3 Å². The highest BCUT2D eigenvalue weighted by Gasteiger charge is 2.32. The first-order valence-corrected chi connectivity index (χ1v) is 7.41. The largest absolute Gasteiger partial charge is 0.286 e. The van der Waals surface area contributed by atoms with Gasteiger partial charge >= 0.3 is 0 Å². The summed E-state index contributed by atoms with van der Waals surface area (Å²) in [6.07, 6.45) is 0. The van der Waals surface area contributed by atoms with E-state index in [-0.39, 0.29) is 11.4 Å². The van der Waals surface area contributed by atoms with Gasteiger partial charge in [-0.3, -0.25) is 14.9 Å². The number of rotatable bonds is 4. The molecule has 1 aliphatic rings. The predicted octanol–water partition coefficient (Wildman–Crippen LogP) is 0.317. The first-order chi connectivity index (χ1) is 8.49. The Bertz CT molecular complexity index is 571.